The van der Waals surface area contributed by atoms with Gasteiger partial charge in [-0.2, -0.15) is 5.10 Å². The van der Waals surface area contributed by atoms with Gasteiger partial charge in [0.2, 0.25) is 0 Å². The molecule has 3 aromatic heterocycles. The molecule has 4 aromatic rings. The quantitative estimate of drug-likeness (QED) is 0.468. The van der Waals surface area contributed by atoms with Crippen LogP contribution >= 0.6 is 0 Å². The largest absolute Gasteiger partial charge is 0.335 e. The molecule has 0 amide bonds. The minimum Gasteiger partial charge on any atom is -0.335 e. The molecule has 0 radical (unpaired) electrons. The zero-order valence-electron chi connectivity index (χ0n) is 17.8. The first-order valence-corrected chi connectivity index (χ1v) is 10.8. The van der Waals surface area contributed by atoms with Crippen LogP contribution in [0.25, 0.3) is 33.8 Å². The molecular formula is C24H28N6. The topological polar surface area (TPSA) is 85.4 Å². The van der Waals surface area contributed by atoms with E-state index in [1.54, 1.807) is 0 Å². The number of fused-ring (bicyclic) bond motifs is 2. The molecule has 3 heterocycles. The van der Waals surface area contributed by atoms with Gasteiger partial charge in [0.05, 0.1) is 5.52 Å². The van der Waals surface area contributed by atoms with Crippen molar-refractivity contribution in [3.63, 3.8) is 0 Å². The van der Waals surface area contributed by atoms with E-state index >= 15 is 0 Å². The van der Waals surface area contributed by atoms with Crippen LogP contribution in [-0.4, -0.2) is 24.7 Å². The third kappa shape index (κ3) is 3.21. The van der Waals surface area contributed by atoms with Crippen LogP contribution in [0.4, 0.5) is 0 Å². The van der Waals surface area contributed by atoms with E-state index in [1.807, 2.05) is 10.9 Å². The summed E-state index contributed by atoms with van der Waals surface area (Å²) in [7, 11) is 0. The lowest BCUT2D eigenvalue weighted by Gasteiger charge is -2.14. The number of nitrogens with zero attached hydrogens (tertiary/aromatic N) is 4. The van der Waals surface area contributed by atoms with E-state index in [4.69, 9.17) is 15.8 Å². The molecule has 0 aliphatic heterocycles. The number of aromatic nitrogens is 5. The number of pyridine rings is 1. The molecule has 0 bridgehead atoms. The van der Waals surface area contributed by atoms with Gasteiger partial charge in [-0.3, -0.25) is 4.68 Å². The zero-order valence-corrected chi connectivity index (χ0v) is 17.8. The van der Waals surface area contributed by atoms with Crippen molar-refractivity contribution in [1.82, 2.24) is 24.7 Å². The van der Waals surface area contributed by atoms with Gasteiger partial charge in [0.25, 0.3) is 0 Å². The van der Waals surface area contributed by atoms with Gasteiger partial charge in [-0.25, -0.2) is 9.97 Å². The van der Waals surface area contributed by atoms with E-state index in [1.165, 1.54) is 29.5 Å². The summed E-state index contributed by atoms with van der Waals surface area (Å²) in [5, 5.41) is 4.73. The lowest BCUT2D eigenvalue weighted by atomic mass is 9.94. The molecule has 0 saturated heterocycles. The van der Waals surface area contributed by atoms with Gasteiger partial charge in [-0.05, 0) is 68.9 Å². The van der Waals surface area contributed by atoms with Crippen molar-refractivity contribution in [3.8, 4) is 22.6 Å². The minimum absolute atomic E-state index is 0.145. The van der Waals surface area contributed by atoms with Crippen LogP contribution in [0.15, 0.2) is 36.5 Å². The summed E-state index contributed by atoms with van der Waals surface area (Å²) >= 11 is 0. The Morgan fingerprint density at radius 2 is 2.03 bits per heavy atom. The number of rotatable bonds is 3. The Kier molecular flexibility index (Phi) is 4.66. The molecule has 0 saturated carbocycles. The van der Waals surface area contributed by atoms with Gasteiger partial charge >= 0.3 is 0 Å². The molecule has 5 rings (SSSR count). The summed E-state index contributed by atoms with van der Waals surface area (Å²) in [6, 6.07) is 11.3. The third-order valence-electron chi connectivity index (χ3n) is 6.11. The van der Waals surface area contributed by atoms with E-state index in [9.17, 15) is 0 Å². The zero-order chi connectivity index (χ0) is 20.8. The van der Waals surface area contributed by atoms with Crippen LogP contribution in [0.5, 0.6) is 0 Å². The number of hydrogen-bond donors (Lipinski definition) is 2. The maximum absolute atomic E-state index is 6.39. The van der Waals surface area contributed by atoms with Gasteiger partial charge in [-0.1, -0.05) is 24.6 Å². The standard InChI is InChI=1S/C24H28N6/c1-14(2)30-15(3)12-21(29-30)23-27-22-19(10-11-26-24(22)28-23)17-8-9-18-16(13-17)6-4-5-7-20(18)25/h8-14,20H,4-7,25H2,1-3H3,(H,26,27,28). The Hall–Kier alpha value is -2.99. The fourth-order valence-electron chi connectivity index (χ4n) is 4.59. The van der Waals surface area contributed by atoms with Crippen LogP contribution in [0.1, 0.15) is 62.0 Å². The highest BCUT2D eigenvalue weighted by Crippen LogP contribution is 2.33. The van der Waals surface area contributed by atoms with Crippen molar-refractivity contribution in [2.24, 2.45) is 5.73 Å². The molecule has 6 heteroatoms. The third-order valence-corrected chi connectivity index (χ3v) is 6.11. The van der Waals surface area contributed by atoms with E-state index in [-0.39, 0.29) is 6.04 Å². The number of nitrogens with two attached hydrogens (primary N) is 1. The number of H-pyrrole nitrogens is 1. The Balaban J connectivity index is 1.60. The number of aryl methyl sites for hydroxylation is 2. The molecule has 1 aliphatic carbocycles. The molecule has 154 valence electrons. The van der Waals surface area contributed by atoms with Crippen molar-refractivity contribution in [1.29, 1.82) is 0 Å². The molecule has 1 atom stereocenters. The van der Waals surface area contributed by atoms with Gasteiger partial charge in [0.15, 0.2) is 11.5 Å². The van der Waals surface area contributed by atoms with E-state index in [0.717, 1.165) is 41.1 Å². The van der Waals surface area contributed by atoms with Gasteiger partial charge in [0.1, 0.15) is 5.69 Å². The average molecular weight is 401 g/mol. The first-order valence-electron chi connectivity index (χ1n) is 10.8. The summed E-state index contributed by atoms with van der Waals surface area (Å²) in [4.78, 5) is 12.7. The van der Waals surface area contributed by atoms with Crippen molar-refractivity contribution in [2.45, 2.75) is 58.5 Å². The van der Waals surface area contributed by atoms with Crippen molar-refractivity contribution in [3.05, 3.63) is 53.3 Å². The van der Waals surface area contributed by atoms with Crippen LogP contribution in [-0.2, 0) is 6.42 Å². The lowest BCUT2D eigenvalue weighted by Crippen LogP contribution is -2.10. The molecule has 1 unspecified atom stereocenters. The highest BCUT2D eigenvalue weighted by atomic mass is 15.3. The van der Waals surface area contributed by atoms with Gasteiger partial charge in [0, 0.05) is 29.5 Å². The lowest BCUT2D eigenvalue weighted by molar-refractivity contribution is 0.520. The molecular weight excluding hydrogens is 372 g/mol. The van der Waals surface area contributed by atoms with Crippen LogP contribution < -0.4 is 5.73 Å². The van der Waals surface area contributed by atoms with E-state index in [2.05, 4.69) is 61.1 Å². The first kappa shape index (κ1) is 19.0. The van der Waals surface area contributed by atoms with Crippen molar-refractivity contribution < 1.29 is 0 Å². The predicted molar refractivity (Wildman–Crippen MR) is 120 cm³/mol. The highest BCUT2D eigenvalue weighted by Gasteiger charge is 2.18. The molecule has 1 aliphatic rings. The molecule has 0 spiro atoms. The summed E-state index contributed by atoms with van der Waals surface area (Å²) in [5.74, 6) is 0.754. The molecule has 30 heavy (non-hydrogen) atoms. The van der Waals surface area contributed by atoms with Gasteiger partial charge < -0.3 is 10.7 Å². The monoisotopic (exact) mass is 400 g/mol. The normalized spacial score (nSPS) is 16.8. The van der Waals surface area contributed by atoms with Crippen LogP contribution in [0.2, 0.25) is 0 Å². The fourth-order valence-corrected chi connectivity index (χ4v) is 4.59. The second-order valence-electron chi connectivity index (χ2n) is 8.62. The Morgan fingerprint density at radius 1 is 1.17 bits per heavy atom. The number of hydrogen-bond acceptors (Lipinski definition) is 4. The number of nitrogens with one attached hydrogen (secondary N) is 1. The molecule has 3 N–H and O–H groups in total. The predicted octanol–water partition coefficient (Wildman–Crippen LogP) is 5.10. The minimum atomic E-state index is 0.145. The molecule has 0 fully saturated rings. The molecule has 6 nitrogen and oxygen atoms in total. The molecule has 1 aromatic carbocycles. The van der Waals surface area contributed by atoms with Crippen LogP contribution in [0, 0.1) is 6.92 Å². The Morgan fingerprint density at radius 3 is 2.83 bits per heavy atom. The average Bonchev–Trinajstić information content (AvgIpc) is 3.29. The van der Waals surface area contributed by atoms with Crippen LogP contribution in [0.3, 0.4) is 0 Å². The smallest absolute Gasteiger partial charge is 0.178 e. The van der Waals surface area contributed by atoms with Gasteiger partial charge in [-0.15, -0.1) is 0 Å². The summed E-state index contributed by atoms with van der Waals surface area (Å²) in [6.45, 7) is 6.34. The second-order valence-corrected chi connectivity index (χ2v) is 8.62. The SMILES string of the molecule is Cc1cc(-c2nc3nccc(-c4ccc5c(c4)CCCCC5N)c3[nH]2)nn1C(C)C. The van der Waals surface area contributed by atoms with E-state index < -0.39 is 0 Å². The van der Waals surface area contributed by atoms with E-state index in [0.29, 0.717) is 11.7 Å². The number of benzene rings is 1. The number of aromatic amines is 1. The van der Waals surface area contributed by atoms with Crippen molar-refractivity contribution >= 4 is 11.2 Å². The maximum atomic E-state index is 6.39. The summed E-state index contributed by atoms with van der Waals surface area (Å²) in [6.07, 6.45) is 6.38. The Labute approximate surface area is 176 Å². The summed E-state index contributed by atoms with van der Waals surface area (Å²) in [5.41, 5.74) is 15.0. The fraction of sp³-hybridized carbons (Fsp3) is 0.375. The van der Waals surface area contributed by atoms with Crippen molar-refractivity contribution in [2.75, 3.05) is 0 Å². The first-order chi connectivity index (χ1) is 14.5. The second kappa shape index (κ2) is 7.36. The summed E-state index contributed by atoms with van der Waals surface area (Å²) < 4.78 is 2.02. The number of imidazole rings is 1. The Bertz CT molecular complexity index is 1220. The highest BCUT2D eigenvalue weighted by molar-refractivity contribution is 5.91. The maximum Gasteiger partial charge on any atom is 0.178 e.